The van der Waals surface area contributed by atoms with Gasteiger partial charge in [0.1, 0.15) is 6.79 Å². The molecular weight excluding hydrogens is 348 g/mol. The van der Waals surface area contributed by atoms with Gasteiger partial charge >= 0.3 is 0 Å². The fraction of sp³-hybridized carbons (Fsp3) is 0.429. The summed E-state index contributed by atoms with van der Waals surface area (Å²) in [5.41, 5.74) is 2.60. The Morgan fingerprint density at radius 2 is 1.58 bits per heavy atom. The SMILES string of the molecule is OCOCCCN1CCN(C(c2ccccc2)c2ccc(Cl)cc2)CC1. The number of ether oxygens (including phenoxy) is 1. The normalized spacial score (nSPS) is 17.3. The van der Waals surface area contributed by atoms with E-state index in [2.05, 4.69) is 52.3 Å². The number of piperazine rings is 1. The zero-order valence-electron chi connectivity index (χ0n) is 15.1. The molecule has 2 aromatic rings. The highest BCUT2D eigenvalue weighted by Gasteiger charge is 2.26. The molecule has 1 N–H and O–H groups in total. The highest BCUT2D eigenvalue weighted by molar-refractivity contribution is 6.30. The summed E-state index contributed by atoms with van der Waals surface area (Å²) < 4.78 is 5.02. The number of hydrogen-bond donors (Lipinski definition) is 1. The molecule has 1 atom stereocenters. The number of halogens is 1. The van der Waals surface area contributed by atoms with Crippen molar-refractivity contribution in [3.8, 4) is 0 Å². The summed E-state index contributed by atoms with van der Waals surface area (Å²) in [6.07, 6.45) is 0.958. The highest BCUT2D eigenvalue weighted by Crippen LogP contribution is 2.30. The quantitative estimate of drug-likeness (QED) is 0.567. The number of aliphatic hydroxyl groups excluding tert-OH is 1. The molecule has 1 unspecified atom stereocenters. The Labute approximate surface area is 160 Å². The van der Waals surface area contributed by atoms with Gasteiger partial charge in [-0.3, -0.25) is 4.90 Å². The van der Waals surface area contributed by atoms with E-state index in [4.69, 9.17) is 21.4 Å². The second-order valence-corrected chi connectivity index (χ2v) is 7.07. The second kappa shape index (κ2) is 10.0. The van der Waals surface area contributed by atoms with Crippen molar-refractivity contribution in [2.75, 3.05) is 46.1 Å². The number of rotatable bonds is 8. The van der Waals surface area contributed by atoms with Gasteiger partial charge in [-0.2, -0.15) is 0 Å². The largest absolute Gasteiger partial charge is 0.371 e. The van der Waals surface area contributed by atoms with Crippen LogP contribution in [0.15, 0.2) is 54.6 Å². The Morgan fingerprint density at radius 3 is 2.23 bits per heavy atom. The van der Waals surface area contributed by atoms with Crippen molar-refractivity contribution in [1.82, 2.24) is 9.80 Å². The minimum atomic E-state index is -0.187. The van der Waals surface area contributed by atoms with Crippen molar-refractivity contribution in [2.45, 2.75) is 12.5 Å². The molecular formula is C21H27ClN2O2. The minimum absolute atomic E-state index is 0.187. The van der Waals surface area contributed by atoms with E-state index in [1.807, 2.05) is 12.1 Å². The van der Waals surface area contributed by atoms with Gasteiger partial charge in [0.05, 0.1) is 12.6 Å². The maximum absolute atomic E-state index is 8.68. The van der Waals surface area contributed by atoms with Crippen molar-refractivity contribution >= 4 is 11.6 Å². The Bertz CT molecular complexity index is 643. The van der Waals surface area contributed by atoms with E-state index in [9.17, 15) is 0 Å². The summed E-state index contributed by atoms with van der Waals surface area (Å²) in [6.45, 7) is 5.62. The maximum atomic E-state index is 8.68. The van der Waals surface area contributed by atoms with E-state index < -0.39 is 0 Å². The molecule has 1 saturated heterocycles. The van der Waals surface area contributed by atoms with Crippen molar-refractivity contribution in [1.29, 1.82) is 0 Å². The average Bonchev–Trinajstić information content (AvgIpc) is 2.69. The molecule has 0 aromatic heterocycles. The van der Waals surface area contributed by atoms with Crippen LogP contribution in [-0.2, 0) is 4.74 Å². The Morgan fingerprint density at radius 1 is 0.923 bits per heavy atom. The lowest BCUT2D eigenvalue weighted by Crippen LogP contribution is -2.48. The molecule has 1 heterocycles. The molecule has 3 rings (SSSR count). The summed E-state index contributed by atoms with van der Waals surface area (Å²) in [7, 11) is 0. The smallest absolute Gasteiger partial charge is 0.143 e. The third kappa shape index (κ3) is 5.29. The zero-order chi connectivity index (χ0) is 18.2. The van der Waals surface area contributed by atoms with Crippen LogP contribution in [-0.4, -0.2) is 61.0 Å². The molecule has 140 valence electrons. The highest BCUT2D eigenvalue weighted by atomic mass is 35.5. The van der Waals surface area contributed by atoms with E-state index in [0.717, 1.165) is 44.2 Å². The molecule has 0 saturated carbocycles. The molecule has 26 heavy (non-hydrogen) atoms. The monoisotopic (exact) mass is 374 g/mol. The van der Waals surface area contributed by atoms with Crippen LogP contribution in [0.3, 0.4) is 0 Å². The second-order valence-electron chi connectivity index (χ2n) is 6.63. The van der Waals surface area contributed by atoms with Crippen molar-refractivity contribution in [3.05, 3.63) is 70.7 Å². The molecule has 0 radical (unpaired) electrons. The summed E-state index contributed by atoms with van der Waals surface area (Å²) in [4.78, 5) is 5.03. The summed E-state index contributed by atoms with van der Waals surface area (Å²) in [5.74, 6) is 0. The van der Waals surface area contributed by atoms with Gasteiger partial charge < -0.3 is 14.7 Å². The third-order valence-electron chi connectivity index (χ3n) is 4.93. The van der Waals surface area contributed by atoms with Gasteiger partial charge in [0, 0.05) is 37.7 Å². The Hall–Kier alpha value is -1.43. The number of aliphatic hydroxyl groups is 1. The lowest BCUT2D eigenvalue weighted by atomic mass is 9.96. The van der Waals surface area contributed by atoms with Crippen LogP contribution in [0, 0.1) is 0 Å². The van der Waals surface area contributed by atoms with E-state index >= 15 is 0 Å². The Kier molecular flexibility index (Phi) is 7.47. The molecule has 0 spiro atoms. The van der Waals surface area contributed by atoms with E-state index in [0.29, 0.717) is 6.61 Å². The minimum Gasteiger partial charge on any atom is -0.371 e. The first-order valence-corrected chi connectivity index (χ1v) is 9.61. The lowest BCUT2D eigenvalue weighted by Gasteiger charge is -2.39. The third-order valence-corrected chi connectivity index (χ3v) is 5.18. The predicted octanol–water partition coefficient (Wildman–Crippen LogP) is 3.40. The Balaban J connectivity index is 1.66. The van der Waals surface area contributed by atoms with Crippen molar-refractivity contribution in [2.24, 2.45) is 0 Å². The van der Waals surface area contributed by atoms with Crippen LogP contribution in [0.5, 0.6) is 0 Å². The van der Waals surface area contributed by atoms with Crippen LogP contribution < -0.4 is 0 Å². The van der Waals surface area contributed by atoms with Crippen molar-refractivity contribution in [3.63, 3.8) is 0 Å². The molecule has 0 aliphatic carbocycles. The number of benzene rings is 2. The van der Waals surface area contributed by atoms with Crippen molar-refractivity contribution < 1.29 is 9.84 Å². The summed E-state index contributed by atoms with van der Waals surface area (Å²) >= 11 is 6.09. The molecule has 0 bridgehead atoms. The number of hydrogen-bond acceptors (Lipinski definition) is 4. The first-order chi connectivity index (χ1) is 12.8. The van der Waals surface area contributed by atoms with Gasteiger partial charge in [-0.25, -0.2) is 0 Å². The lowest BCUT2D eigenvalue weighted by molar-refractivity contribution is -0.00623. The standard InChI is InChI=1S/C21H27ClN2O2/c22-20-9-7-19(8-10-20)21(18-5-2-1-3-6-18)24-14-12-23(13-15-24)11-4-16-26-17-25/h1-3,5-10,21,25H,4,11-17H2. The molecule has 5 heteroatoms. The van der Waals surface area contributed by atoms with Gasteiger partial charge in [0.2, 0.25) is 0 Å². The topological polar surface area (TPSA) is 35.9 Å². The first kappa shape index (κ1) is 19.3. The fourth-order valence-electron chi connectivity index (χ4n) is 3.59. The van der Waals surface area contributed by atoms with Crippen LogP contribution in [0.2, 0.25) is 5.02 Å². The zero-order valence-corrected chi connectivity index (χ0v) is 15.8. The maximum Gasteiger partial charge on any atom is 0.143 e. The summed E-state index contributed by atoms with van der Waals surface area (Å²) in [6, 6.07) is 19.2. The molecule has 1 aliphatic heterocycles. The molecule has 4 nitrogen and oxygen atoms in total. The molecule has 1 aliphatic rings. The molecule has 0 amide bonds. The van der Waals surface area contributed by atoms with Gasteiger partial charge in [-0.05, 0) is 29.7 Å². The van der Waals surface area contributed by atoms with Crippen LogP contribution in [0.1, 0.15) is 23.6 Å². The van der Waals surface area contributed by atoms with Crippen LogP contribution in [0.4, 0.5) is 0 Å². The average molecular weight is 375 g/mol. The number of nitrogens with zero attached hydrogens (tertiary/aromatic N) is 2. The van der Waals surface area contributed by atoms with Gasteiger partial charge in [0.25, 0.3) is 0 Å². The van der Waals surface area contributed by atoms with E-state index in [1.54, 1.807) is 0 Å². The fourth-order valence-corrected chi connectivity index (χ4v) is 3.72. The van der Waals surface area contributed by atoms with Crippen LogP contribution in [0.25, 0.3) is 0 Å². The predicted molar refractivity (Wildman–Crippen MR) is 105 cm³/mol. The summed E-state index contributed by atoms with van der Waals surface area (Å²) in [5, 5.41) is 9.46. The molecule has 2 aromatic carbocycles. The van der Waals surface area contributed by atoms with Gasteiger partial charge in [-0.1, -0.05) is 54.1 Å². The van der Waals surface area contributed by atoms with Crippen LogP contribution >= 0.6 is 11.6 Å². The molecule has 1 fully saturated rings. The van der Waals surface area contributed by atoms with Gasteiger partial charge in [-0.15, -0.1) is 0 Å². The first-order valence-electron chi connectivity index (χ1n) is 9.23. The van der Waals surface area contributed by atoms with Gasteiger partial charge in [0.15, 0.2) is 0 Å². The van der Waals surface area contributed by atoms with E-state index in [-0.39, 0.29) is 12.8 Å². The van der Waals surface area contributed by atoms with E-state index in [1.165, 1.54) is 11.1 Å².